The van der Waals surface area contributed by atoms with Gasteiger partial charge in [-0.2, -0.15) is 0 Å². The molecule has 4 amide bonds. The average Bonchev–Trinajstić information content (AvgIpc) is 2.57. The smallest absolute Gasteiger partial charge is 0.328 e. The normalized spacial score (nSPS) is 14.0. The summed E-state index contributed by atoms with van der Waals surface area (Å²) in [6.45, 7) is 2.48. The van der Waals surface area contributed by atoms with E-state index >= 15 is 0 Å². The number of hydrogen-bond donors (Lipinski definition) is 2. The van der Waals surface area contributed by atoms with E-state index in [4.69, 9.17) is 4.74 Å². The molecule has 1 fully saturated rings. The highest BCUT2D eigenvalue weighted by Gasteiger charge is 2.27. The minimum atomic E-state index is -0.813. The molecule has 2 aromatic carbocycles. The molecule has 2 aromatic rings. The minimum absolute atomic E-state index is 0.118. The van der Waals surface area contributed by atoms with Crippen molar-refractivity contribution in [2.24, 2.45) is 0 Å². The monoisotopic (exact) mass is 336 g/mol. The molecule has 1 aliphatic heterocycles. The Balaban J connectivity index is 1.68. The number of urea groups is 1. The van der Waals surface area contributed by atoms with Crippen LogP contribution in [0.5, 0.6) is 5.75 Å². The Hall–Kier alpha value is -3.41. The van der Waals surface area contributed by atoms with Gasteiger partial charge in [0.15, 0.2) is 0 Å². The highest BCUT2D eigenvalue weighted by atomic mass is 16.5. The quantitative estimate of drug-likeness (QED) is 0.663. The van der Waals surface area contributed by atoms with Gasteiger partial charge in [-0.15, -0.1) is 0 Å². The standard InChI is InChI=1S/C19H16N2O4/c1-12-3-2-4-14(9-12)11-25-15-7-5-13(6-8-15)10-16-17(22)20-19(24)21-18(16)23/h2-10H,11H2,1H3,(H2,20,21,22,23,24). The van der Waals surface area contributed by atoms with Crippen molar-refractivity contribution >= 4 is 23.9 Å². The molecule has 0 radical (unpaired) electrons. The number of ether oxygens (including phenoxy) is 1. The van der Waals surface area contributed by atoms with E-state index in [2.05, 4.69) is 6.07 Å². The van der Waals surface area contributed by atoms with E-state index in [0.717, 1.165) is 5.56 Å². The van der Waals surface area contributed by atoms with Gasteiger partial charge in [-0.3, -0.25) is 20.2 Å². The van der Waals surface area contributed by atoms with Crippen molar-refractivity contribution < 1.29 is 19.1 Å². The maximum atomic E-state index is 11.7. The summed E-state index contributed by atoms with van der Waals surface area (Å²) in [6, 6.07) is 14.2. The molecule has 3 rings (SSSR count). The van der Waals surface area contributed by atoms with Crippen molar-refractivity contribution in [1.29, 1.82) is 0 Å². The number of barbiturate groups is 1. The van der Waals surface area contributed by atoms with Gasteiger partial charge in [-0.1, -0.05) is 42.0 Å². The largest absolute Gasteiger partial charge is 0.489 e. The second-order valence-corrected chi connectivity index (χ2v) is 5.64. The van der Waals surface area contributed by atoms with Gasteiger partial charge < -0.3 is 4.74 Å². The third kappa shape index (κ3) is 4.11. The first-order valence-electron chi connectivity index (χ1n) is 7.68. The van der Waals surface area contributed by atoms with Gasteiger partial charge in [0, 0.05) is 0 Å². The second kappa shape index (κ2) is 7.00. The van der Waals surface area contributed by atoms with Gasteiger partial charge >= 0.3 is 6.03 Å². The van der Waals surface area contributed by atoms with E-state index in [1.54, 1.807) is 24.3 Å². The summed E-state index contributed by atoms with van der Waals surface area (Å²) in [5.74, 6) is -0.751. The van der Waals surface area contributed by atoms with Crippen molar-refractivity contribution in [3.05, 3.63) is 70.8 Å². The fraction of sp³-hybridized carbons (Fsp3) is 0.105. The van der Waals surface area contributed by atoms with Gasteiger partial charge in [0.05, 0.1) is 0 Å². The number of aryl methyl sites for hydroxylation is 1. The van der Waals surface area contributed by atoms with Gasteiger partial charge in [-0.05, 0) is 36.3 Å². The summed E-state index contributed by atoms with van der Waals surface area (Å²) in [7, 11) is 0. The Morgan fingerprint density at radius 1 is 0.960 bits per heavy atom. The molecule has 1 heterocycles. The number of amides is 4. The lowest BCUT2D eigenvalue weighted by atomic mass is 10.1. The molecular weight excluding hydrogens is 320 g/mol. The molecule has 0 bridgehead atoms. The zero-order valence-corrected chi connectivity index (χ0v) is 13.5. The Kier molecular flexibility index (Phi) is 4.61. The number of carbonyl (C=O) groups excluding carboxylic acids is 3. The third-order valence-corrected chi connectivity index (χ3v) is 3.62. The molecule has 0 spiro atoms. The second-order valence-electron chi connectivity index (χ2n) is 5.64. The molecule has 126 valence electrons. The molecule has 6 heteroatoms. The zero-order valence-electron chi connectivity index (χ0n) is 13.5. The van der Waals surface area contributed by atoms with E-state index < -0.39 is 17.8 Å². The number of benzene rings is 2. The average molecular weight is 336 g/mol. The predicted molar refractivity (Wildman–Crippen MR) is 91.6 cm³/mol. The molecule has 2 N–H and O–H groups in total. The van der Waals surface area contributed by atoms with Crippen LogP contribution in [0.1, 0.15) is 16.7 Å². The van der Waals surface area contributed by atoms with Gasteiger partial charge in [-0.25, -0.2) is 4.79 Å². The first kappa shape index (κ1) is 16.4. The Bertz CT molecular complexity index is 847. The first-order valence-corrected chi connectivity index (χ1v) is 7.68. The van der Waals surface area contributed by atoms with Gasteiger partial charge in [0.1, 0.15) is 17.9 Å². The number of carbonyl (C=O) groups is 3. The molecule has 6 nitrogen and oxygen atoms in total. The lowest BCUT2D eigenvalue weighted by Gasteiger charge is -2.14. The fourth-order valence-electron chi connectivity index (χ4n) is 2.40. The van der Waals surface area contributed by atoms with Crippen molar-refractivity contribution in [2.75, 3.05) is 0 Å². The number of nitrogens with one attached hydrogen (secondary N) is 2. The van der Waals surface area contributed by atoms with Crippen LogP contribution in [-0.2, 0) is 16.2 Å². The van der Waals surface area contributed by atoms with Crippen LogP contribution in [0.4, 0.5) is 4.79 Å². The van der Waals surface area contributed by atoms with Gasteiger partial charge in [0.2, 0.25) is 0 Å². The molecule has 0 aliphatic carbocycles. The molecule has 1 saturated heterocycles. The molecule has 0 atom stereocenters. The number of rotatable bonds is 4. The Morgan fingerprint density at radius 3 is 2.28 bits per heavy atom. The van der Waals surface area contributed by atoms with E-state index in [-0.39, 0.29) is 5.57 Å². The lowest BCUT2D eigenvalue weighted by molar-refractivity contribution is -0.123. The van der Waals surface area contributed by atoms with Crippen LogP contribution in [0.2, 0.25) is 0 Å². The van der Waals surface area contributed by atoms with E-state index in [1.807, 2.05) is 35.8 Å². The Morgan fingerprint density at radius 2 is 1.64 bits per heavy atom. The summed E-state index contributed by atoms with van der Waals surface area (Å²) in [4.78, 5) is 34.4. The maximum absolute atomic E-state index is 11.7. The summed E-state index contributed by atoms with van der Waals surface area (Å²) >= 11 is 0. The van der Waals surface area contributed by atoms with Gasteiger partial charge in [0.25, 0.3) is 11.8 Å². The van der Waals surface area contributed by atoms with E-state index in [9.17, 15) is 14.4 Å². The lowest BCUT2D eigenvalue weighted by Crippen LogP contribution is -2.51. The summed E-state index contributed by atoms with van der Waals surface area (Å²) in [5.41, 5.74) is 2.78. The third-order valence-electron chi connectivity index (χ3n) is 3.62. The van der Waals surface area contributed by atoms with Crippen LogP contribution < -0.4 is 15.4 Å². The number of imide groups is 2. The van der Waals surface area contributed by atoms with Crippen LogP contribution >= 0.6 is 0 Å². The molecule has 1 aliphatic rings. The fourth-order valence-corrected chi connectivity index (χ4v) is 2.40. The van der Waals surface area contributed by atoms with Crippen molar-refractivity contribution in [1.82, 2.24) is 10.6 Å². The molecular formula is C19H16N2O4. The molecule has 25 heavy (non-hydrogen) atoms. The summed E-state index contributed by atoms with van der Waals surface area (Å²) in [6.07, 6.45) is 1.42. The van der Waals surface area contributed by atoms with Crippen LogP contribution in [0.25, 0.3) is 6.08 Å². The maximum Gasteiger partial charge on any atom is 0.328 e. The van der Waals surface area contributed by atoms with Crippen LogP contribution in [0.3, 0.4) is 0 Å². The van der Waals surface area contributed by atoms with Crippen LogP contribution in [0.15, 0.2) is 54.1 Å². The van der Waals surface area contributed by atoms with Crippen LogP contribution in [-0.4, -0.2) is 17.8 Å². The zero-order chi connectivity index (χ0) is 17.8. The van der Waals surface area contributed by atoms with Crippen molar-refractivity contribution in [3.63, 3.8) is 0 Å². The predicted octanol–water partition coefficient (Wildman–Crippen LogP) is 2.32. The van der Waals surface area contributed by atoms with E-state index in [0.29, 0.717) is 17.9 Å². The SMILES string of the molecule is Cc1cccc(COc2ccc(C=C3C(=O)NC(=O)NC3=O)cc2)c1. The molecule has 0 aromatic heterocycles. The van der Waals surface area contributed by atoms with Crippen molar-refractivity contribution in [2.45, 2.75) is 13.5 Å². The van der Waals surface area contributed by atoms with Crippen molar-refractivity contribution in [3.8, 4) is 5.75 Å². The first-order chi connectivity index (χ1) is 12.0. The minimum Gasteiger partial charge on any atom is -0.489 e. The topological polar surface area (TPSA) is 84.5 Å². The number of hydrogen-bond acceptors (Lipinski definition) is 4. The highest BCUT2D eigenvalue weighted by molar-refractivity contribution is 6.31. The van der Waals surface area contributed by atoms with Crippen LogP contribution in [0, 0.1) is 6.92 Å². The highest BCUT2D eigenvalue weighted by Crippen LogP contribution is 2.17. The van der Waals surface area contributed by atoms with E-state index in [1.165, 1.54) is 11.6 Å². The molecule has 0 unspecified atom stereocenters. The summed E-state index contributed by atoms with van der Waals surface area (Å²) < 4.78 is 5.72. The summed E-state index contributed by atoms with van der Waals surface area (Å²) in [5, 5.41) is 4.06. The Labute approximate surface area is 144 Å². The molecule has 0 saturated carbocycles.